The molecular weight excluding hydrogens is 268 g/mol. The molecule has 1 amide bonds. The fourth-order valence-electron chi connectivity index (χ4n) is 3.01. The summed E-state index contributed by atoms with van der Waals surface area (Å²) in [5.41, 5.74) is 0. The SMILES string of the molecule is N#CCN(C(=O)C1COc2ccccc2O1)C1CCCC1. The van der Waals surface area contributed by atoms with Crippen molar-refractivity contribution in [1.82, 2.24) is 4.90 Å². The molecule has 1 aliphatic heterocycles. The van der Waals surface area contributed by atoms with Gasteiger partial charge in [0.15, 0.2) is 11.5 Å². The van der Waals surface area contributed by atoms with Gasteiger partial charge in [-0.05, 0) is 25.0 Å². The van der Waals surface area contributed by atoms with Crippen molar-refractivity contribution in [3.05, 3.63) is 24.3 Å². The number of nitrogens with zero attached hydrogens (tertiary/aromatic N) is 2. The molecule has 21 heavy (non-hydrogen) atoms. The fraction of sp³-hybridized carbons (Fsp3) is 0.500. The first-order valence-electron chi connectivity index (χ1n) is 7.35. The van der Waals surface area contributed by atoms with Crippen molar-refractivity contribution >= 4 is 5.91 Å². The third kappa shape index (κ3) is 2.80. The molecule has 0 aromatic heterocycles. The molecule has 0 spiro atoms. The standard InChI is InChI=1S/C16H18N2O3/c17-9-10-18(12-5-1-2-6-12)16(19)15-11-20-13-7-3-4-8-14(13)21-15/h3-4,7-8,12,15H,1-2,5-6,10-11H2. The summed E-state index contributed by atoms with van der Waals surface area (Å²) in [7, 11) is 0. The molecule has 1 aliphatic carbocycles. The van der Waals surface area contributed by atoms with E-state index in [1.165, 1.54) is 0 Å². The molecule has 1 aromatic carbocycles. The number of rotatable bonds is 3. The van der Waals surface area contributed by atoms with Crippen LogP contribution in [0.3, 0.4) is 0 Å². The number of carbonyl (C=O) groups is 1. The van der Waals surface area contributed by atoms with Gasteiger partial charge >= 0.3 is 0 Å². The monoisotopic (exact) mass is 286 g/mol. The Labute approximate surface area is 124 Å². The van der Waals surface area contributed by atoms with E-state index < -0.39 is 6.10 Å². The second-order valence-electron chi connectivity index (χ2n) is 5.43. The van der Waals surface area contributed by atoms with Crippen molar-refractivity contribution in [2.75, 3.05) is 13.2 Å². The minimum Gasteiger partial charge on any atom is -0.485 e. The van der Waals surface area contributed by atoms with Gasteiger partial charge in [0.1, 0.15) is 13.2 Å². The smallest absolute Gasteiger partial charge is 0.268 e. The Hall–Kier alpha value is -2.22. The lowest BCUT2D eigenvalue weighted by Crippen LogP contribution is -2.49. The third-order valence-electron chi connectivity index (χ3n) is 4.07. The number of hydrogen-bond acceptors (Lipinski definition) is 4. The predicted octanol–water partition coefficient (Wildman–Crippen LogP) is 2.12. The minimum absolute atomic E-state index is 0.116. The summed E-state index contributed by atoms with van der Waals surface area (Å²) in [4.78, 5) is 14.3. The van der Waals surface area contributed by atoms with Gasteiger partial charge in [-0.3, -0.25) is 4.79 Å². The highest BCUT2D eigenvalue weighted by molar-refractivity contribution is 5.82. The van der Waals surface area contributed by atoms with Crippen molar-refractivity contribution in [2.45, 2.75) is 37.8 Å². The van der Waals surface area contributed by atoms with E-state index in [1.54, 1.807) is 11.0 Å². The molecule has 0 bridgehead atoms. The second-order valence-corrected chi connectivity index (χ2v) is 5.43. The molecule has 5 heteroatoms. The van der Waals surface area contributed by atoms with Gasteiger partial charge < -0.3 is 14.4 Å². The Balaban J connectivity index is 1.73. The molecular formula is C16H18N2O3. The van der Waals surface area contributed by atoms with Gasteiger partial charge in [-0.25, -0.2) is 0 Å². The number of hydrogen-bond donors (Lipinski definition) is 0. The van der Waals surface area contributed by atoms with Crippen LogP contribution in [-0.2, 0) is 4.79 Å². The van der Waals surface area contributed by atoms with E-state index in [-0.39, 0.29) is 25.1 Å². The normalized spacial score (nSPS) is 20.8. The molecule has 5 nitrogen and oxygen atoms in total. The lowest BCUT2D eigenvalue weighted by atomic mass is 10.1. The van der Waals surface area contributed by atoms with Crippen molar-refractivity contribution in [1.29, 1.82) is 5.26 Å². The number of fused-ring (bicyclic) bond motifs is 1. The molecule has 1 saturated carbocycles. The fourth-order valence-corrected chi connectivity index (χ4v) is 3.01. The van der Waals surface area contributed by atoms with Crippen LogP contribution in [0.1, 0.15) is 25.7 Å². The van der Waals surface area contributed by atoms with Crippen LogP contribution in [0.4, 0.5) is 0 Å². The average Bonchev–Trinajstić information content (AvgIpc) is 3.05. The largest absolute Gasteiger partial charge is 0.485 e. The van der Waals surface area contributed by atoms with Gasteiger partial charge in [0.25, 0.3) is 5.91 Å². The van der Waals surface area contributed by atoms with Gasteiger partial charge in [-0.15, -0.1) is 0 Å². The Morgan fingerprint density at radius 3 is 2.71 bits per heavy atom. The van der Waals surface area contributed by atoms with E-state index in [4.69, 9.17) is 14.7 Å². The summed E-state index contributed by atoms with van der Waals surface area (Å²) in [5.74, 6) is 1.11. The third-order valence-corrected chi connectivity index (χ3v) is 4.07. The van der Waals surface area contributed by atoms with E-state index in [1.807, 2.05) is 18.2 Å². The van der Waals surface area contributed by atoms with Crippen molar-refractivity contribution in [3.8, 4) is 17.6 Å². The van der Waals surface area contributed by atoms with Gasteiger partial charge in [0, 0.05) is 6.04 Å². The molecule has 110 valence electrons. The van der Waals surface area contributed by atoms with Crippen LogP contribution < -0.4 is 9.47 Å². The summed E-state index contributed by atoms with van der Waals surface area (Å²) >= 11 is 0. The Morgan fingerprint density at radius 1 is 1.29 bits per heavy atom. The summed E-state index contributed by atoms with van der Waals surface area (Å²) in [6.45, 7) is 0.315. The van der Waals surface area contributed by atoms with Crippen LogP contribution in [0.15, 0.2) is 24.3 Å². The van der Waals surface area contributed by atoms with E-state index in [9.17, 15) is 4.79 Å². The highest BCUT2D eigenvalue weighted by Crippen LogP contribution is 2.32. The van der Waals surface area contributed by atoms with Gasteiger partial charge in [-0.1, -0.05) is 25.0 Å². The van der Waals surface area contributed by atoms with E-state index >= 15 is 0 Å². The molecule has 2 aliphatic rings. The zero-order valence-corrected chi connectivity index (χ0v) is 11.8. The summed E-state index contributed by atoms with van der Waals surface area (Å²) in [6.07, 6.45) is 3.51. The van der Waals surface area contributed by atoms with E-state index in [0.29, 0.717) is 11.5 Å². The second kappa shape index (κ2) is 6.04. The number of carbonyl (C=O) groups excluding carboxylic acids is 1. The lowest BCUT2D eigenvalue weighted by Gasteiger charge is -2.32. The van der Waals surface area contributed by atoms with Crippen molar-refractivity contribution in [3.63, 3.8) is 0 Å². The topological polar surface area (TPSA) is 62.6 Å². The number of ether oxygens (including phenoxy) is 2. The quantitative estimate of drug-likeness (QED) is 0.798. The molecule has 3 rings (SSSR count). The van der Waals surface area contributed by atoms with Gasteiger partial charge in [0.2, 0.25) is 6.10 Å². The van der Waals surface area contributed by atoms with Crippen molar-refractivity contribution in [2.24, 2.45) is 0 Å². The number of para-hydroxylation sites is 2. The summed E-state index contributed by atoms with van der Waals surface area (Å²) < 4.78 is 11.3. The zero-order chi connectivity index (χ0) is 14.7. The first-order valence-corrected chi connectivity index (χ1v) is 7.35. The number of benzene rings is 1. The molecule has 1 unspecified atom stereocenters. The molecule has 0 radical (unpaired) electrons. The number of nitriles is 1. The molecule has 1 fully saturated rings. The Morgan fingerprint density at radius 2 is 2.00 bits per heavy atom. The highest BCUT2D eigenvalue weighted by Gasteiger charge is 2.35. The van der Waals surface area contributed by atoms with Crippen LogP contribution in [0.2, 0.25) is 0 Å². The van der Waals surface area contributed by atoms with Crippen LogP contribution in [-0.4, -0.2) is 36.1 Å². The number of amides is 1. The van der Waals surface area contributed by atoms with Crippen molar-refractivity contribution < 1.29 is 14.3 Å². The Bertz CT molecular complexity index is 561. The van der Waals surface area contributed by atoms with Gasteiger partial charge in [-0.2, -0.15) is 5.26 Å². The van der Waals surface area contributed by atoms with Crippen LogP contribution in [0.25, 0.3) is 0 Å². The molecule has 1 atom stereocenters. The molecule has 1 heterocycles. The average molecular weight is 286 g/mol. The van der Waals surface area contributed by atoms with Crippen LogP contribution in [0, 0.1) is 11.3 Å². The maximum absolute atomic E-state index is 12.7. The van der Waals surface area contributed by atoms with Crippen LogP contribution >= 0.6 is 0 Å². The predicted molar refractivity (Wildman–Crippen MR) is 75.9 cm³/mol. The summed E-state index contributed by atoms with van der Waals surface area (Å²) in [6, 6.07) is 9.58. The first kappa shape index (κ1) is 13.7. The molecule has 0 N–H and O–H groups in total. The molecule has 0 saturated heterocycles. The maximum atomic E-state index is 12.7. The van der Waals surface area contributed by atoms with E-state index in [2.05, 4.69) is 6.07 Å². The molecule has 1 aromatic rings. The van der Waals surface area contributed by atoms with E-state index in [0.717, 1.165) is 25.7 Å². The highest BCUT2D eigenvalue weighted by atomic mass is 16.6. The maximum Gasteiger partial charge on any atom is 0.268 e. The lowest BCUT2D eigenvalue weighted by molar-refractivity contribution is -0.142. The first-order chi connectivity index (χ1) is 10.3. The minimum atomic E-state index is -0.658. The van der Waals surface area contributed by atoms with Gasteiger partial charge in [0.05, 0.1) is 6.07 Å². The summed E-state index contributed by atoms with van der Waals surface area (Å²) in [5, 5.41) is 8.99. The van der Waals surface area contributed by atoms with Crippen LogP contribution in [0.5, 0.6) is 11.5 Å². The zero-order valence-electron chi connectivity index (χ0n) is 11.8. The Kier molecular flexibility index (Phi) is 3.96.